The Morgan fingerprint density at radius 2 is 2.04 bits per heavy atom. The van der Waals surface area contributed by atoms with Crippen LogP contribution in [0.15, 0.2) is 43.2 Å². The van der Waals surface area contributed by atoms with E-state index in [-0.39, 0.29) is 11.6 Å². The highest BCUT2D eigenvalue weighted by molar-refractivity contribution is 6.02. The molecule has 2 N–H and O–H groups in total. The lowest BCUT2D eigenvalue weighted by atomic mass is 10.2. The summed E-state index contributed by atoms with van der Waals surface area (Å²) in [5.74, 6) is 1.53. The van der Waals surface area contributed by atoms with Gasteiger partial charge in [0.2, 0.25) is 0 Å². The Balaban J connectivity index is 1.67. The van der Waals surface area contributed by atoms with E-state index in [0.717, 1.165) is 0 Å². The van der Waals surface area contributed by atoms with E-state index in [1.165, 1.54) is 12.4 Å². The van der Waals surface area contributed by atoms with Gasteiger partial charge in [-0.25, -0.2) is 9.97 Å². The van der Waals surface area contributed by atoms with Gasteiger partial charge in [0.1, 0.15) is 24.7 Å². The van der Waals surface area contributed by atoms with Crippen molar-refractivity contribution >= 4 is 17.4 Å². The molecule has 0 fully saturated rings. The first kappa shape index (κ1) is 14.8. The second-order valence-electron chi connectivity index (χ2n) is 4.77. The number of nitrogens with one attached hydrogen (secondary N) is 2. The van der Waals surface area contributed by atoms with Crippen molar-refractivity contribution < 1.29 is 14.3 Å². The molecule has 2 heterocycles. The van der Waals surface area contributed by atoms with Crippen LogP contribution in [0.1, 0.15) is 10.5 Å². The number of hydrogen-bond donors (Lipinski definition) is 2. The first-order valence-corrected chi connectivity index (χ1v) is 7.14. The second-order valence-corrected chi connectivity index (χ2v) is 4.77. The van der Waals surface area contributed by atoms with Gasteiger partial charge in [-0.05, 0) is 12.1 Å². The van der Waals surface area contributed by atoms with Crippen LogP contribution >= 0.6 is 0 Å². The first-order chi connectivity index (χ1) is 11.3. The van der Waals surface area contributed by atoms with E-state index in [1.807, 2.05) is 0 Å². The minimum atomic E-state index is -0.343. The molecule has 0 unspecified atom stereocenters. The number of hydrogen-bond acceptors (Lipinski definition) is 6. The lowest BCUT2D eigenvalue weighted by Gasteiger charge is -2.18. The number of rotatable bonds is 5. The predicted molar refractivity (Wildman–Crippen MR) is 86.1 cm³/mol. The maximum atomic E-state index is 12.2. The van der Waals surface area contributed by atoms with Gasteiger partial charge in [0.15, 0.2) is 11.5 Å². The van der Waals surface area contributed by atoms with E-state index < -0.39 is 0 Å². The summed E-state index contributed by atoms with van der Waals surface area (Å²) in [7, 11) is 0. The number of nitrogens with zero attached hydrogens (tertiary/aromatic N) is 2. The molecule has 2 aromatic rings. The van der Waals surface area contributed by atoms with Crippen LogP contribution in [0.5, 0.6) is 11.5 Å². The summed E-state index contributed by atoms with van der Waals surface area (Å²) in [6.45, 7) is 5.21. The fourth-order valence-corrected chi connectivity index (χ4v) is 2.03. The Kier molecular flexibility index (Phi) is 4.37. The van der Waals surface area contributed by atoms with Crippen molar-refractivity contribution in [2.45, 2.75) is 0 Å². The van der Waals surface area contributed by atoms with Gasteiger partial charge in [-0.3, -0.25) is 4.79 Å². The fourth-order valence-electron chi connectivity index (χ4n) is 2.03. The summed E-state index contributed by atoms with van der Waals surface area (Å²) in [5, 5.41) is 5.75. The van der Waals surface area contributed by atoms with Gasteiger partial charge in [0.25, 0.3) is 5.91 Å². The summed E-state index contributed by atoms with van der Waals surface area (Å²) in [4.78, 5) is 20.4. The smallest absolute Gasteiger partial charge is 0.275 e. The van der Waals surface area contributed by atoms with E-state index in [0.29, 0.717) is 42.8 Å². The van der Waals surface area contributed by atoms with Gasteiger partial charge in [-0.2, -0.15) is 0 Å². The highest BCUT2D eigenvalue weighted by Gasteiger charge is 2.14. The van der Waals surface area contributed by atoms with Gasteiger partial charge in [0.05, 0.1) is 12.4 Å². The van der Waals surface area contributed by atoms with Crippen LogP contribution in [0.4, 0.5) is 11.5 Å². The SMILES string of the molecule is C=CCNc1cnc(C(=O)Nc2ccc3c(c2)OCCO3)cn1. The van der Waals surface area contributed by atoms with Gasteiger partial charge in [-0.1, -0.05) is 6.08 Å². The molecule has 23 heavy (non-hydrogen) atoms. The topological polar surface area (TPSA) is 85.4 Å². The zero-order chi connectivity index (χ0) is 16.1. The summed E-state index contributed by atoms with van der Waals surface area (Å²) < 4.78 is 10.9. The average molecular weight is 312 g/mol. The molecule has 118 valence electrons. The third-order valence-corrected chi connectivity index (χ3v) is 3.11. The minimum absolute atomic E-state index is 0.226. The Labute approximate surface area is 133 Å². The highest BCUT2D eigenvalue weighted by atomic mass is 16.6. The second kappa shape index (κ2) is 6.78. The number of aromatic nitrogens is 2. The van der Waals surface area contributed by atoms with Crippen molar-refractivity contribution in [1.82, 2.24) is 9.97 Å². The molecule has 3 rings (SSSR count). The number of amides is 1. The Bertz CT molecular complexity index is 716. The number of ether oxygens (including phenoxy) is 2. The van der Waals surface area contributed by atoms with Gasteiger partial charge < -0.3 is 20.1 Å². The van der Waals surface area contributed by atoms with E-state index in [2.05, 4.69) is 27.2 Å². The van der Waals surface area contributed by atoms with Crippen molar-refractivity contribution in [3.63, 3.8) is 0 Å². The van der Waals surface area contributed by atoms with Crippen LogP contribution in [-0.4, -0.2) is 35.6 Å². The maximum Gasteiger partial charge on any atom is 0.275 e. The lowest BCUT2D eigenvalue weighted by molar-refractivity contribution is 0.102. The molecule has 1 aliphatic rings. The van der Waals surface area contributed by atoms with Crippen molar-refractivity contribution in [2.75, 3.05) is 30.4 Å². The number of carbonyl (C=O) groups is 1. The van der Waals surface area contributed by atoms with E-state index in [4.69, 9.17) is 9.47 Å². The molecule has 1 amide bonds. The van der Waals surface area contributed by atoms with E-state index >= 15 is 0 Å². The lowest BCUT2D eigenvalue weighted by Crippen LogP contribution is -2.17. The summed E-state index contributed by atoms with van der Waals surface area (Å²) in [5.41, 5.74) is 0.832. The number of benzene rings is 1. The number of carbonyl (C=O) groups excluding carboxylic acids is 1. The molecular weight excluding hydrogens is 296 g/mol. The summed E-state index contributed by atoms with van der Waals surface area (Å²) in [6, 6.07) is 5.23. The van der Waals surface area contributed by atoms with Crippen LogP contribution in [0.2, 0.25) is 0 Å². The molecule has 0 saturated heterocycles. The molecule has 1 aromatic carbocycles. The quantitative estimate of drug-likeness (QED) is 0.822. The molecule has 7 heteroatoms. The van der Waals surface area contributed by atoms with Gasteiger partial charge in [-0.15, -0.1) is 6.58 Å². The van der Waals surface area contributed by atoms with Crippen LogP contribution in [-0.2, 0) is 0 Å². The normalized spacial score (nSPS) is 12.3. The monoisotopic (exact) mass is 312 g/mol. The predicted octanol–water partition coefficient (Wildman–Crippen LogP) is 2.10. The molecule has 7 nitrogen and oxygen atoms in total. The van der Waals surface area contributed by atoms with Crippen molar-refractivity contribution in [3.05, 3.63) is 48.9 Å². The molecule has 0 saturated carbocycles. The zero-order valence-electron chi connectivity index (χ0n) is 12.4. The molecule has 0 spiro atoms. The standard InChI is InChI=1S/C16H16N4O3/c1-2-5-17-15-10-18-12(9-19-15)16(21)20-11-3-4-13-14(8-11)23-7-6-22-13/h2-4,8-10H,1,5-7H2,(H,17,19)(H,20,21). The Hall–Kier alpha value is -3.09. The molecule has 1 aliphatic heterocycles. The van der Waals surface area contributed by atoms with Crippen molar-refractivity contribution in [1.29, 1.82) is 0 Å². The molecule has 1 aromatic heterocycles. The number of fused-ring (bicyclic) bond motifs is 1. The Morgan fingerprint density at radius 1 is 1.22 bits per heavy atom. The van der Waals surface area contributed by atoms with Crippen LogP contribution in [0.25, 0.3) is 0 Å². The molecular formula is C16H16N4O3. The molecule has 0 bridgehead atoms. The van der Waals surface area contributed by atoms with Gasteiger partial charge >= 0.3 is 0 Å². The number of anilines is 2. The summed E-state index contributed by atoms with van der Waals surface area (Å²) >= 11 is 0. The zero-order valence-corrected chi connectivity index (χ0v) is 12.4. The van der Waals surface area contributed by atoms with Crippen LogP contribution < -0.4 is 20.1 Å². The molecule has 0 aliphatic carbocycles. The summed E-state index contributed by atoms with van der Waals surface area (Å²) in [6.07, 6.45) is 4.63. The molecule has 0 atom stereocenters. The fraction of sp³-hybridized carbons (Fsp3) is 0.188. The third-order valence-electron chi connectivity index (χ3n) is 3.11. The average Bonchev–Trinajstić information content (AvgIpc) is 2.60. The van der Waals surface area contributed by atoms with E-state index in [1.54, 1.807) is 24.3 Å². The largest absolute Gasteiger partial charge is 0.486 e. The highest BCUT2D eigenvalue weighted by Crippen LogP contribution is 2.32. The maximum absolute atomic E-state index is 12.2. The van der Waals surface area contributed by atoms with Gasteiger partial charge in [0, 0.05) is 18.3 Å². The third kappa shape index (κ3) is 3.57. The van der Waals surface area contributed by atoms with Crippen molar-refractivity contribution in [3.8, 4) is 11.5 Å². The van der Waals surface area contributed by atoms with Crippen LogP contribution in [0.3, 0.4) is 0 Å². The van der Waals surface area contributed by atoms with Crippen LogP contribution in [0, 0.1) is 0 Å². The molecule has 0 radical (unpaired) electrons. The minimum Gasteiger partial charge on any atom is -0.486 e. The van der Waals surface area contributed by atoms with E-state index in [9.17, 15) is 4.79 Å². The van der Waals surface area contributed by atoms with Crippen molar-refractivity contribution in [2.24, 2.45) is 0 Å². The Morgan fingerprint density at radius 3 is 2.78 bits per heavy atom. The first-order valence-electron chi connectivity index (χ1n) is 7.14.